The van der Waals surface area contributed by atoms with E-state index in [4.69, 9.17) is 4.74 Å². The lowest BCUT2D eigenvalue weighted by atomic mass is 10.3. The minimum Gasteiger partial charge on any atom is -0.478 e. The molecule has 0 bridgehead atoms. The maximum absolute atomic E-state index is 5.45. The molecule has 0 spiro atoms. The normalized spacial score (nSPS) is 14.4. The second-order valence-corrected chi connectivity index (χ2v) is 4.70. The lowest BCUT2D eigenvalue weighted by Crippen LogP contribution is -2.38. The first-order chi connectivity index (χ1) is 9.31. The molecule has 1 fully saturated rings. The first-order valence-electron chi connectivity index (χ1n) is 6.86. The van der Waals surface area contributed by atoms with E-state index in [2.05, 4.69) is 27.5 Å². The lowest BCUT2D eigenvalue weighted by Gasteiger charge is -2.11. The highest BCUT2D eigenvalue weighted by Crippen LogP contribution is 2.18. The standard InChI is InChI=1S/C14H22N4O.HI/c1-3-8-19-13-7-4-11(9-16-13)10-17-14(15-2)18-12-5-6-12;/h4,7,9,12H,3,5-6,8,10H2,1-2H3,(H2,15,17,18);1H. The molecule has 0 unspecified atom stereocenters. The smallest absolute Gasteiger partial charge is 0.213 e. The second kappa shape index (κ2) is 8.99. The number of guanidine groups is 1. The number of halogens is 1. The van der Waals surface area contributed by atoms with E-state index in [1.54, 1.807) is 7.05 Å². The van der Waals surface area contributed by atoms with Gasteiger partial charge in [-0.05, 0) is 24.8 Å². The van der Waals surface area contributed by atoms with E-state index in [0.717, 1.165) is 17.9 Å². The van der Waals surface area contributed by atoms with Crippen LogP contribution >= 0.6 is 24.0 Å². The Morgan fingerprint density at radius 3 is 2.80 bits per heavy atom. The Morgan fingerprint density at radius 1 is 1.45 bits per heavy atom. The molecule has 0 aromatic carbocycles. The third kappa shape index (κ3) is 5.94. The van der Waals surface area contributed by atoms with Crippen molar-refractivity contribution >= 4 is 29.9 Å². The molecule has 5 nitrogen and oxygen atoms in total. The van der Waals surface area contributed by atoms with Gasteiger partial charge >= 0.3 is 0 Å². The van der Waals surface area contributed by atoms with Gasteiger partial charge in [0.2, 0.25) is 5.88 Å². The van der Waals surface area contributed by atoms with E-state index in [0.29, 0.717) is 25.1 Å². The van der Waals surface area contributed by atoms with Crippen LogP contribution in [0, 0.1) is 0 Å². The molecule has 20 heavy (non-hydrogen) atoms. The summed E-state index contributed by atoms with van der Waals surface area (Å²) in [6.45, 7) is 3.51. The highest BCUT2D eigenvalue weighted by molar-refractivity contribution is 14.0. The quantitative estimate of drug-likeness (QED) is 0.445. The fourth-order valence-electron chi connectivity index (χ4n) is 1.61. The van der Waals surface area contributed by atoms with Crippen LogP contribution in [0.3, 0.4) is 0 Å². The van der Waals surface area contributed by atoms with Crippen molar-refractivity contribution in [3.8, 4) is 5.88 Å². The first kappa shape index (κ1) is 17.0. The number of ether oxygens (including phenoxy) is 1. The first-order valence-corrected chi connectivity index (χ1v) is 6.86. The van der Waals surface area contributed by atoms with E-state index >= 15 is 0 Å². The SMILES string of the molecule is CCCOc1ccc(CNC(=NC)NC2CC2)cn1.I. The van der Waals surface area contributed by atoms with E-state index in [-0.39, 0.29) is 24.0 Å². The van der Waals surface area contributed by atoms with Crippen LogP contribution in [0.4, 0.5) is 0 Å². The number of hydrogen-bond acceptors (Lipinski definition) is 3. The molecule has 1 aromatic rings. The summed E-state index contributed by atoms with van der Waals surface area (Å²) in [5, 5.41) is 6.62. The summed E-state index contributed by atoms with van der Waals surface area (Å²) in [6, 6.07) is 4.54. The number of aromatic nitrogens is 1. The number of nitrogens with zero attached hydrogens (tertiary/aromatic N) is 2. The summed E-state index contributed by atoms with van der Waals surface area (Å²) in [7, 11) is 1.79. The van der Waals surface area contributed by atoms with Crippen LogP contribution in [0.5, 0.6) is 5.88 Å². The van der Waals surface area contributed by atoms with Crippen molar-refractivity contribution in [2.24, 2.45) is 4.99 Å². The van der Waals surface area contributed by atoms with Crippen molar-refractivity contribution in [2.75, 3.05) is 13.7 Å². The Hall–Kier alpha value is -1.05. The van der Waals surface area contributed by atoms with E-state index < -0.39 is 0 Å². The summed E-state index contributed by atoms with van der Waals surface area (Å²) < 4.78 is 5.45. The summed E-state index contributed by atoms with van der Waals surface area (Å²) >= 11 is 0. The number of nitrogens with one attached hydrogen (secondary N) is 2. The Labute approximate surface area is 137 Å². The van der Waals surface area contributed by atoms with E-state index in [9.17, 15) is 0 Å². The molecule has 2 rings (SSSR count). The zero-order valence-electron chi connectivity index (χ0n) is 12.1. The lowest BCUT2D eigenvalue weighted by molar-refractivity contribution is 0.305. The zero-order chi connectivity index (χ0) is 13.5. The molecular formula is C14H23IN4O. The molecular weight excluding hydrogens is 367 g/mol. The average molecular weight is 390 g/mol. The van der Waals surface area contributed by atoms with Gasteiger partial charge in [0, 0.05) is 31.9 Å². The van der Waals surface area contributed by atoms with Gasteiger partial charge in [-0.25, -0.2) is 4.98 Å². The Balaban J connectivity index is 0.00000200. The van der Waals surface area contributed by atoms with Gasteiger partial charge in [0.25, 0.3) is 0 Å². The van der Waals surface area contributed by atoms with Gasteiger partial charge in [-0.1, -0.05) is 13.0 Å². The van der Waals surface area contributed by atoms with E-state index in [1.165, 1.54) is 12.8 Å². The third-order valence-electron chi connectivity index (χ3n) is 2.85. The molecule has 0 saturated heterocycles. The second-order valence-electron chi connectivity index (χ2n) is 4.70. The van der Waals surface area contributed by atoms with Gasteiger partial charge in [0.05, 0.1) is 6.61 Å². The van der Waals surface area contributed by atoms with Crippen molar-refractivity contribution in [3.63, 3.8) is 0 Å². The van der Waals surface area contributed by atoms with E-state index in [1.807, 2.05) is 18.3 Å². The van der Waals surface area contributed by atoms with Crippen molar-refractivity contribution in [1.29, 1.82) is 0 Å². The Morgan fingerprint density at radius 2 is 2.25 bits per heavy atom. The van der Waals surface area contributed by atoms with Crippen LogP contribution in [0.15, 0.2) is 23.3 Å². The Bertz CT molecular complexity index is 418. The summed E-state index contributed by atoms with van der Waals surface area (Å²) in [5.74, 6) is 1.54. The molecule has 1 aliphatic rings. The van der Waals surface area contributed by atoms with Gasteiger partial charge < -0.3 is 15.4 Å². The minimum absolute atomic E-state index is 0. The molecule has 1 aliphatic carbocycles. The van der Waals surface area contributed by atoms with Crippen molar-refractivity contribution in [2.45, 2.75) is 38.8 Å². The number of aliphatic imine (C=N–C) groups is 1. The zero-order valence-corrected chi connectivity index (χ0v) is 14.4. The van der Waals surface area contributed by atoms with Crippen LogP contribution in [0.2, 0.25) is 0 Å². The van der Waals surface area contributed by atoms with Crippen molar-refractivity contribution < 1.29 is 4.74 Å². The largest absolute Gasteiger partial charge is 0.478 e. The van der Waals surface area contributed by atoms with Crippen molar-refractivity contribution in [3.05, 3.63) is 23.9 Å². The van der Waals surface area contributed by atoms with Crippen LogP contribution in [-0.4, -0.2) is 30.6 Å². The van der Waals surface area contributed by atoms with Crippen LogP contribution in [-0.2, 0) is 6.54 Å². The van der Waals surface area contributed by atoms with Gasteiger partial charge in [-0.2, -0.15) is 0 Å². The number of pyridine rings is 1. The highest BCUT2D eigenvalue weighted by Gasteiger charge is 2.21. The fraction of sp³-hybridized carbons (Fsp3) is 0.571. The monoisotopic (exact) mass is 390 g/mol. The molecule has 112 valence electrons. The van der Waals surface area contributed by atoms with Gasteiger partial charge in [-0.3, -0.25) is 4.99 Å². The highest BCUT2D eigenvalue weighted by atomic mass is 127. The summed E-state index contributed by atoms with van der Waals surface area (Å²) in [4.78, 5) is 8.46. The molecule has 0 atom stereocenters. The average Bonchev–Trinajstić information content (AvgIpc) is 3.26. The molecule has 0 radical (unpaired) electrons. The summed E-state index contributed by atoms with van der Waals surface area (Å²) in [5.41, 5.74) is 1.11. The maximum atomic E-state index is 5.45. The predicted molar refractivity (Wildman–Crippen MR) is 91.8 cm³/mol. The number of rotatable bonds is 6. The van der Waals surface area contributed by atoms with Crippen LogP contribution in [0.25, 0.3) is 0 Å². The fourth-order valence-corrected chi connectivity index (χ4v) is 1.61. The minimum atomic E-state index is 0. The maximum Gasteiger partial charge on any atom is 0.213 e. The molecule has 2 N–H and O–H groups in total. The molecule has 1 saturated carbocycles. The van der Waals surface area contributed by atoms with Gasteiger partial charge in [0.1, 0.15) is 0 Å². The van der Waals surface area contributed by atoms with Gasteiger partial charge in [-0.15, -0.1) is 24.0 Å². The molecule has 6 heteroatoms. The van der Waals surface area contributed by atoms with Crippen LogP contribution in [0.1, 0.15) is 31.7 Å². The predicted octanol–water partition coefficient (Wildman–Crippen LogP) is 2.32. The van der Waals surface area contributed by atoms with Crippen molar-refractivity contribution in [1.82, 2.24) is 15.6 Å². The number of hydrogen-bond donors (Lipinski definition) is 2. The third-order valence-corrected chi connectivity index (χ3v) is 2.85. The Kier molecular flexibility index (Phi) is 7.64. The van der Waals surface area contributed by atoms with Gasteiger partial charge in [0.15, 0.2) is 5.96 Å². The molecule has 0 aliphatic heterocycles. The topological polar surface area (TPSA) is 58.5 Å². The van der Waals surface area contributed by atoms with Crippen LogP contribution < -0.4 is 15.4 Å². The molecule has 1 heterocycles. The molecule has 0 amide bonds. The molecule has 1 aromatic heterocycles. The summed E-state index contributed by atoms with van der Waals surface area (Å²) in [6.07, 6.45) is 5.31.